The van der Waals surface area contributed by atoms with Crippen LogP contribution in [0.3, 0.4) is 0 Å². The van der Waals surface area contributed by atoms with Gasteiger partial charge in [0.05, 0.1) is 0 Å². The van der Waals surface area contributed by atoms with Gasteiger partial charge in [0.2, 0.25) is 0 Å². The van der Waals surface area contributed by atoms with Crippen LogP contribution in [0.5, 0.6) is 0 Å². The zero-order valence-corrected chi connectivity index (χ0v) is 11.0. The van der Waals surface area contributed by atoms with Crippen LogP contribution >= 0.6 is 15.9 Å². The Hall–Kier alpha value is -0.340. The first-order valence-electron chi connectivity index (χ1n) is 6.32. The highest BCUT2D eigenvalue weighted by atomic mass is 79.9. The molecule has 2 heterocycles. The van der Waals surface area contributed by atoms with Gasteiger partial charge in [0.25, 0.3) is 0 Å². The van der Waals surface area contributed by atoms with E-state index in [0.29, 0.717) is 0 Å². The summed E-state index contributed by atoms with van der Waals surface area (Å²) in [6.07, 6.45) is 6.85. The molecule has 0 amide bonds. The van der Waals surface area contributed by atoms with E-state index in [9.17, 15) is 0 Å². The van der Waals surface area contributed by atoms with E-state index in [1.54, 1.807) is 0 Å². The minimum atomic E-state index is 0.794. The molecule has 0 saturated carbocycles. The Morgan fingerprint density at radius 3 is 2.62 bits per heavy atom. The van der Waals surface area contributed by atoms with Crippen molar-refractivity contribution >= 4 is 15.9 Å². The van der Waals surface area contributed by atoms with Crippen LogP contribution in [0.1, 0.15) is 31.2 Å². The highest BCUT2D eigenvalue weighted by molar-refractivity contribution is 9.10. The van der Waals surface area contributed by atoms with Crippen molar-refractivity contribution in [3.05, 3.63) is 34.3 Å². The van der Waals surface area contributed by atoms with E-state index in [1.807, 2.05) is 0 Å². The van der Waals surface area contributed by atoms with Crippen molar-refractivity contribution in [2.45, 2.75) is 44.2 Å². The van der Waals surface area contributed by atoms with E-state index in [-0.39, 0.29) is 0 Å². The summed E-state index contributed by atoms with van der Waals surface area (Å²) in [5, 5.41) is 3.76. The second-order valence-corrected chi connectivity index (χ2v) is 6.13. The third-order valence-electron chi connectivity index (χ3n) is 4.14. The molecule has 2 bridgehead atoms. The van der Waals surface area contributed by atoms with E-state index in [4.69, 9.17) is 0 Å². The van der Waals surface area contributed by atoms with Crippen LogP contribution in [0.4, 0.5) is 0 Å². The molecular weight excluding hydrogens is 262 g/mol. The van der Waals surface area contributed by atoms with Crippen LogP contribution in [0.2, 0.25) is 0 Å². The lowest BCUT2D eigenvalue weighted by Crippen LogP contribution is -2.41. The van der Waals surface area contributed by atoms with E-state index in [2.05, 4.69) is 45.5 Å². The van der Waals surface area contributed by atoms with Gasteiger partial charge in [0.15, 0.2) is 0 Å². The smallest absolute Gasteiger partial charge is 0.0175 e. The minimum Gasteiger partial charge on any atom is -0.311 e. The predicted octanol–water partition coefficient (Wildman–Crippen LogP) is 3.52. The summed E-state index contributed by atoms with van der Waals surface area (Å²) in [5.41, 5.74) is 1.49. The molecule has 3 rings (SSSR count). The first-order chi connectivity index (χ1) is 7.81. The van der Waals surface area contributed by atoms with Gasteiger partial charge in [-0.3, -0.25) is 0 Å². The van der Waals surface area contributed by atoms with Crippen LogP contribution in [0, 0.1) is 5.92 Å². The molecule has 2 aliphatic rings. The average Bonchev–Trinajstić information content (AvgIpc) is 2.69. The van der Waals surface area contributed by atoms with Gasteiger partial charge in [-0.25, -0.2) is 0 Å². The SMILES string of the molecule is Brc1ccc(CC2CCC3CCC2N3)cc1. The maximum Gasteiger partial charge on any atom is 0.0175 e. The number of fused-ring (bicyclic) bond motifs is 2. The van der Waals surface area contributed by atoms with Gasteiger partial charge < -0.3 is 5.32 Å². The zero-order valence-electron chi connectivity index (χ0n) is 9.45. The minimum absolute atomic E-state index is 0.794. The van der Waals surface area contributed by atoms with E-state index < -0.39 is 0 Å². The van der Waals surface area contributed by atoms with E-state index in [0.717, 1.165) is 18.0 Å². The molecule has 1 N–H and O–H groups in total. The molecule has 1 aromatic carbocycles. The summed E-state index contributed by atoms with van der Waals surface area (Å²) in [6.45, 7) is 0. The number of hydrogen-bond acceptors (Lipinski definition) is 1. The van der Waals surface area contributed by atoms with Crippen molar-refractivity contribution in [3.63, 3.8) is 0 Å². The first kappa shape index (κ1) is 10.8. The Labute approximate surface area is 106 Å². The normalized spacial score (nSPS) is 32.9. The molecule has 2 saturated heterocycles. The monoisotopic (exact) mass is 279 g/mol. The van der Waals surface area contributed by atoms with Gasteiger partial charge in [-0.2, -0.15) is 0 Å². The van der Waals surface area contributed by atoms with Gasteiger partial charge in [-0.05, 0) is 55.7 Å². The van der Waals surface area contributed by atoms with E-state index in [1.165, 1.54) is 42.1 Å². The lowest BCUT2D eigenvalue weighted by atomic mass is 9.86. The lowest BCUT2D eigenvalue weighted by Gasteiger charge is -2.30. The van der Waals surface area contributed by atoms with Gasteiger partial charge >= 0.3 is 0 Å². The number of hydrogen-bond donors (Lipinski definition) is 1. The largest absolute Gasteiger partial charge is 0.311 e. The summed E-state index contributed by atoms with van der Waals surface area (Å²) in [4.78, 5) is 0. The topological polar surface area (TPSA) is 12.0 Å². The second-order valence-electron chi connectivity index (χ2n) is 5.22. The molecule has 2 fully saturated rings. The maximum atomic E-state index is 3.76. The summed E-state index contributed by atoms with van der Waals surface area (Å²) < 4.78 is 1.18. The van der Waals surface area contributed by atoms with Crippen molar-refractivity contribution in [2.75, 3.05) is 0 Å². The van der Waals surface area contributed by atoms with Crippen LogP contribution in [-0.4, -0.2) is 12.1 Å². The summed E-state index contributed by atoms with van der Waals surface area (Å²) in [6, 6.07) is 10.5. The number of halogens is 1. The van der Waals surface area contributed by atoms with Crippen LogP contribution < -0.4 is 5.32 Å². The molecule has 0 aromatic heterocycles. The third-order valence-corrected chi connectivity index (χ3v) is 4.67. The Morgan fingerprint density at radius 1 is 1.06 bits per heavy atom. The molecule has 1 nitrogen and oxygen atoms in total. The molecular formula is C14H18BrN. The van der Waals surface area contributed by atoms with E-state index >= 15 is 0 Å². The molecule has 0 aliphatic carbocycles. The van der Waals surface area contributed by atoms with Crippen molar-refractivity contribution in [2.24, 2.45) is 5.92 Å². The molecule has 16 heavy (non-hydrogen) atoms. The second kappa shape index (κ2) is 4.50. The Balaban J connectivity index is 1.68. The van der Waals surface area contributed by atoms with Crippen molar-refractivity contribution in [3.8, 4) is 0 Å². The number of rotatable bonds is 2. The van der Waals surface area contributed by atoms with Gasteiger partial charge in [-0.15, -0.1) is 0 Å². The summed E-state index contributed by atoms with van der Waals surface area (Å²) in [7, 11) is 0. The van der Waals surface area contributed by atoms with Gasteiger partial charge in [0.1, 0.15) is 0 Å². The highest BCUT2D eigenvalue weighted by Crippen LogP contribution is 2.33. The van der Waals surface area contributed by atoms with Gasteiger partial charge in [-0.1, -0.05) is 28.1 Å². The summed E-state index contributed by atoms with van der Waals surface area (Å²) >= 11 is 3.49. The summed E-state index contributed by atoms with van der Waals surface area (Å²) in [5.74, 6) is 0.861. The average molecular weight is 280 g/mol. The molecule has 3 atom stereocenters. The fourth-order valence-corrected chi connectivity index (χ4v) is 3.50. The zero-order chi connectivity index (χ0) is 11.0. The number of benzene rings is 1. The Kier molecular flexibility index (Phi) is 3.03. The molecule has 0 spiro atoms. The Morgan fingerprint density at radius 2 is 1.81 bits per heavy atom. The first-order valence-corrected chi connectivity index (χ1v) is 7.11. The quantitative estimate of drug-likeness (QED) is 0.874. The van der Waals surface area contributed by atoms with Crippen molar-refractivity contribution in [1.82, 2.24) is 5.32 Å². The van der Waals surface area contributed by atoms with Crippen molar-refractivity contribution < 1.29 is 0 Å². The third kappa shape index (κ3) is 2.18. The molecule has 86 valence electrons. The highest BCUT2D eigenvalue weighted by Gasteiger charge is 2.34. The number of nitrogens with one attached hydrogen (secondary N) is 1. The Bertz CT molecular complexity index is 360. The van der Waals surface area contributed by atoms with Gasteiger partial charge in [0, 0.05) is 16.6 Å². The van der Waals surface area contributed by atoms with Crippen LogP contribution in [-0.2, 0) is 6.42 Å². The predicted molar refractivity (Wildman–Crippen MR) is 70.5 cm³/mol. The lowest BCUT2D eigenvalue weighted by molar-refractivity contribution is 0.289. The molecule has 3 unspecified atom stereocenters. The molecule has 1 aromatic rings. The molecule has 0 radical (unpaired) electrons. The maximum absolute atomic E-state index is 3.76. The molecule has 2 aliphatic heterocycles. The fourth-order valence-electron chi connectivity index (χ4n) is 3.23. The van der Waals surface area contributed by atoms with Crippen molar-refractivity contribution in [1.29, 1.82) is 0 Å². The fraction of sp³-hybridized carbons (Fsp3) is 0.571. The molecule has 2 heteroatoms. The van der Waals surface area contributed by atoms with Crippen LogP contribution in [0.25, 0.3) is 0 Å². The number of piperidine rings is 1. The standard InChI is InChI=1S/C14H18BrN/c15-12-4-1-10(2-5-12)9-11-3-6-13-7-8-14(11)16-13/h1-2,4-5,11,13-14,16H,3,6-9H2. The van der Waals surface area contributed by atoms with Crippen LogP contribution in [0.15, 0.2) is 28.7 Å².